The normalized spacial score (nSPS) is 28.1. The monoisotopic (exact) mass is 281 g/mol. The number of rotatable bonds is 4. The summed E-state index contributed by atoms with van der Waals surface area (Å²) in [6.07, 6.45) is 12.0. The molecule has 0 saturated heterocycles. The lowest BCUT2D eigenvalue weighted by Gasteiger charge is -2.27. The molecule has 1 fully saturated rings. The molecular formula is C16H24ClNO. The highest BCUT2D eigenvalue weighted by Crippen LogP contribution is 2.35. The Bertz CT molecular complexity index is 409. The van der Waals surface area contributed by atoms with Crippen molar-refractivity contribution in [3.63, 3.8) is 0 Å². The smallest absolute Gasteiger partial charge is 0.0688 e. The van der Waals surface area contributed by atoms with Gasteiger partial charge in [-0.2, -0.15) is 0 Å². The third-order valence-electron chi connectivity index (χ3n) is 4.35. The summed E-state index contributed by atoms with van der Waals surface area (Å²) in [6.45, 7) is 2.24. The van der Waals surface area contributed by atoms with Crippen LogP contribution in [-0.4, -0.2) is 15.7 Å². The number of hydrogen-bond donors (Lipinski definition) is 1. The lowest BCUT2D eigenvalue weighted by Crippen LogP contribution is -2.30. The maximum atomic E-state index is 10.8. The molecule has 0 spiro atoms. The molecule has 0 aliphatic heterocycles. The summed E-state index contributed by atoms with van der Waals surface area (Å²) in [5, 5.41) is 11.5. The third kappa shape index (κ3) is 4.19. The topological polar surface area (TPSA) is 33.1 Å². The van der Waals surface area contributed by atoms with Crippen LogP contribution >= 0.6 is 11.6 Å². The van der Waals surface area contributed by atoms with Crippen molar-refractivity contribution in [2.45, 2.75) is 63.9 Å². The van der Waals surface area contributed by atoms with Crippen LogP contribution in [0.1, 0.15) is 57.4 Å². The molecule has 2 unspecified atom stereocenters. The van der Waals surface area contributed by atoms with Gasteiger partial charge in [-0.1, -0.05) is 44.2 Å². The first-order valence-corrected chi connectivity index (χ1v) is 7.81. The van der Waals surface area contributed by atoms with Gasteiger partial charge in [0.1, 0.15) is 0 Å². The highest BCUT2D eigenvalue weighted by Gasteiger charge is 2.31. The summed E-state index contributed by atoms with van der Waals surface area (Å²) in [6, 6.07) is 1.93. The van der Waals surface area contributed by atoms with Gasteiger partial charge >= 0.3 is 0 Å². The zero-order valence-corrected chi connectivity index (χ0v) is 12.5. The second-order valence-electron chi connectivity index (χ2n) is 5.95. The number of aliphatic hydroxyl groups is 1. The highest BCUT2D eigenvalue weighted by molar-refractivity contribution is 6.31. The van der Waals surface area contributed by atoms with Crippen LogP contribution in [0.25, 0.3) is 0 Å². The maximum absolute atomic E-state index is 10.8. The SMILES string of the molecule is CCCC1CCCC(O)(Cc2ccncc2Cl)CC1. The lowest BCUT2D eigenvalue weighted by atomic mass is 9.87. The lowest BCUT2D eigenvalue weighted by molar-refractivity contribution is 0.0241. The number of aromatic nitrogens is 1. The molecule has 0 aromatic carbocycles. The molecule has 0 radical (unpaired) electrons. The summed E-state index contributed by atoms with van der Waals surface area (Å²) in [5.74, 6) is 0.798. The van der Waals surface area contributed by atoms with E-state index in [1.165, 1.54) is 19.3 Å². The van der Waals surface area contributed by atoms with E-state index in [4.69, 9.17) is 11.6 Å². The van der Waals surface area contributed by atoms with E-state index in [2.05, 4.69) is 11.9 Å². The van der Waals surface area contributed by atoms with Crippen LogP contribution in [0.2, 0.25) is 5.02 Å². The van der Waals surface area contributed by atoms with Gasteiger partial charge < -0.3 is 5.11 Å². The van der Waals surface area contributed by atoms with Gasteiger partial charge in [-0.15, -0.1) is 0 Å². The Labute approximate surface area is 121 Å². The van der Waals surface area contributed by atoms with Crippen molar-refractivity contribution in [3.05, 3.63) is 29.0 Å². The van der Waals surface area contributed by atoms with Crippen LogP contribution < -0.4 is 0 Å². The van der Waals surface area contributed by atoms with Gasteiger partial charge in [-0.05, 0) is 36.8 Å². The van der Waals surface area contributed by atoms with E-state index in [0.717, 1.165) is 37.2 Å². The van der Waals surface area contributed by atoms with E-state index in [1.54, 1.807) is 12.4 Å². The van der Waals surface area contributed by atoms with Gasteiger partial charge in [0.2, 0.25) is 0 Å². The summed E-state index contributed by atoms with van der Waals surface area (Å²) < 4.78 is 0. The Hall–Kier alpha value is -0.600. The third-order valence-corrected chi connectivity index (χ3v) is 4.69. The zero-order chi connectivity index (χ0) is 13.7. The second kappa shape index (κ2) is 6.71. The van der Waals surface area contributed by atoms with Crippen LogP contribution in [-0.2, 0) is 6.42 Å². The molecule has 2 nitrogen and oxygen atoms in total. The van der Waals surface area contributed by atoms with E-state index < -0.39 is 5.60 Å². The molecule has 2 atom stereocenters. The van der Waals surface area contributed by atoms with E-state index in [9.17, 15) is 5.11 Å². The molecule has 19 heavy (non-hydrogen) atoms. The molecule has 1 aliphatic rings. The fourth-order valence-electron chi connectivity index (χ4n) is 3.24. The van der Waals surface area contributed by atoms with E-state index in [0.29, 0.717) is 11.4 Å². The minimum absolute atomic E-state index is 0.576. The van der Waals surface area contributed by atoms with Crippen molar-refractivity contribution in [1.82, 2.24) is 4.98 Å². The first-order valence-electron chi connectivity index (χ1n) is 7.44. The van der Waals surface area contributed by atoms with Crippen molar-refractivity contribution in [2.75, 3.05) is 0 Å². The van der Waals surface area contributed by atoms with Gasteiger partial charge in [-0.3, -0.25) is 4.98 Å². The van der Waals surface area contributed by atoms with E-state index >= 15 is 0 Å². The summed E-state index contributed by atoms with van der Waals surface area (Å²) in [5.41, 5.74) is 0.445. The van der Waals surface area contributed by atoms with Gasteiger partial charge in [0, 0.05) is 18.8 Å². The van der Waals surface area contributed by atoms with Crippen LogP contribution in [0.3, 0.4) is 0 Å². The minimum Gasteiger partial charge on any atom is -0.390 e. The molecule has 1 saturated carbocycles. The Morgan fingerprint density at radius 3 is 3.00 bits per heavy atom. The Kier molecular flexibility index (Phi) is 5.23. The minimum atomic E-state index is -0.576. The average Bonchev–Trinajstić information content (AvgIpc) is 2.56. The molecule has 1 aromatic rings. The Morgan fingerprint density at radius 1 is 1.42 bits per heavy atom. The highest BCUT2D eigenvalue weighted by atomic mass is 35.5. The Balaban J connectivity index is 2.01. The Morgan fingerprint density at radius 2 is 2.26 bits per heavy atom. The van der Waals surface area contributed by atoms with Crippen molar-refractivity contribution in [2.24, 2.45) is 5.92 Å². The van der Waals surface area contributed by atoms with E-state index in [-0.39, 0.29) is 0 Å². The first kappa shape index (κ1) is 14.8. The van der Waals surface area contributed by atoms with Gasteiger partial charge in [0.15, 0.2) is 0 Å². The molecule has 1 N–H and O–H groups in total. The predicted molar refractivity (Wildman–Crippen MR) is 79.4 cm³/mol. The predicted octanol–water partition coefficient (Wildman–Crippen LogP) is 4.39. The largest absolute Gasteiger partial charge is 0.390 e. The van der Waals surface area contributed by atoms with Crippen molar-refractivity contribution in [3.8, 4) is 0 Å². The van der Waals surface area contributed by atoms with Crippen LogP contribution in [0.5, 0.6) is 0 Å². The quantitative estimate of drug-likeness (QED) is 0.831. The molecule has 0 amide bonds. The van der Waals surface area contributed by atoms with Crippen LogP contribution in [0, 0.1) is 5.92 Å². The zero-order valence-electron chi connectivity index (χ0n) is 11.7. The van der Waals surface area contributed by atoms with Gasteiger partial charge in [0.25, 0.3) is 0 Å². The van der Waals surface area contributed by atoms with Gasteiger partial charge in [0.05, 0.1) is 10.6 Å². The molecular weight excluding hydrogens is 258 g/mol. The molecule has 106 valence electrons. The van der Waals surface area contributed by atoms with Gasteiger partial charge in [-0.25, -0.2) is 0 Å². The molecule has 3 heteroatoms. The van der Waals surface area contributed by atoms with Crippen LogP contribution in [0.15, 0.2) is 18.5 Å². The maximum Gasteiger partial charge on any atom is 0.0688 e. The number of halogens is 1. The molecule has 1 aliphatic carbocycles. The molecule has 2 rings (SSSR count). The van der Waals surface area contributed by atoms with Crippen LogP contribution in [0.4, 0.5) is 0 Å². The second-order valence-corrected chi connectivity index (χ2v) is 6.36. The molecule has 1 heterocycles. The molecule has 0 bridgehead atoms. The summed E-state index contributed by atoms with van der Waals surface area (Å²) in [4.78, 5) is 4.00. The number of pyridine rings is 1. The van der Waals surface area contributed by atoms with Crippen molar-refractivity contribution < 1.29 is 5.11 Å². The fraction of sp³-hybridized carbons (Fsp3) is 0.688. The first-order chi connectivity index (χ1) is 9.13. The fourth-order valence-corrected chi connectivity index (χ4v) is 3.42. The van der Waals surface area contributed by atoms with Crippen molar-refractivity contribution in [1.29, 1.82) is 0 Å². The molecule has 1 aromatic heterocycles. The summed E-state index contributed by atoms with van der Waals surface area (Å²) >= 11 is 6.15. The number of nitrogens with zero attached hydrogens (tertiary/aromatic N) is 1. The average molecular weight is 282 g/mol. The van der Waals surface area contributed by atoms with Crippen molar-refractivity contribution >= 4 is 11.6 Å². The summed E-state index contributed by atoms with van der Waals surface area (Å²) in [7, 11) is 0. The number of hydrogen-bond acceptors (Lipinski definition) is 2. The standard InChI is InChI=1S/C16H24ClNO/c1-2-4-13-5-3-8-16(19,9-6-13)11-14-7-10-18-12-15(14)17/h7,10,12-13,19H,2-6,8-9,11H2,1H3. The van der Waals surface area contributed by atoms with E-state index in [1.807, 2.05) is 6.07 Å².